The largest absolute Gasteiger partial charge is 0.497 e. The zero-order chi connectivity index (χ0) is 22.3. The van der Waals surface area contributed by atoms with Crippen molar-refractivity contribution in [3.8, 4) is 5.75 Å². The van der Waals surface area contributed by atoms with Gasteiger partial charge in [-0.25, -0.2) is 4.68 Å². The fraction of sp³-hybridized carbons (Fsp3) is 0.450. The van der Waals surface area contributed by atoms with E-state index in [0.717, 1.165) is 5.56 Å². The predicted molar refractivity (Wildman–Crippen MR) is 116 cm³/mol. The highest BCUT2D eigenvalue weighted by Crippen LogP contribution is 2.35. The average molecular weight is 437 g/mol. The molecule has 0 spiro atoms. The van der Waals surface area contributed by atoms with Gasteiger partial charge < -0.3 is 24.5 Å². The molecule has 9 nitrogen and oxygen atoms in total. The number of rotatable bonds is 11. The molecule has 0 saturated carbocycles. The molecule has 0 saturated heterocycles. The number of carboxylic acids is 1. The monoisotopic (exact) mass is 437 g/mol. The van der Waals surface area contributed by atoms with E-state index in [1.54, 1.807) is 32.6 Å². The van der Waals surface area contributed by atoms with E-state index in [4.69, 9.17) is 14.6 Å². The van der Waals surface area contributed by atoms with E-state index in [0.29, 0.717) is 11.4 Å². The second kappa shape index (κ2) is 10.4. The highest BCUT2D eigenvalue weighted by Gasteiger charge is 2.24. The van der Waals surface area contributed by atoms with Gasteiger partial charge in [0.25, 0.3) is 5.56 Å². The van der Waals surface area contributed by atoms with Gasteiger partial charge >= 0.3 is 5.97 Å². The molecule has 1 aromatic heterocycles. The second-order valence-corrected chi connectivity index (χ2v) is 10.5. The summed E-state index contributed by atoms with van der Waals surface area (Å²) >= 11 is 0. The first-order valence-corrected chi connectivity index (χ1v) is 12.1. The molecular weight excluding hydrogens is 409 g/mol. The number of methoxy groups -OCH3 is 1. The summed E-state index contributed by atoms with van der Waals surface area (Å²) in [6.07, 6.45) is 1.41. The summed E-state index contributed by atoms with van der Waals surface area (Å²) in [5, 5.41) is 16.2. The lowest BCUT2D eigenvalue weighted by atomic mass is 10.2. The van der Waals surface area contributed by atoms with E-state index in [9.17, 15) is 14.2 Å². The number of aliphatic carboxylic acids is 1. The second-order valence-electron chi connectivity index (χ2n) is 7.33. The molecule has 10 heteroatoms. The number of anilines is 1. The van der Waals surface area contributed by atoms with Crippen LogP contribution in [0.25, 0.3) is 0 Å². The smallest absolute Gasteiger partial charge is 0.305 e. The molecule has 0 aliphatic rings. The molecule has 30 heavy (non-hydrogen) atoms. The maximum absolute atomic E-state index is 13.0. The van der Waals surface area contributed by atoms with Crippen molar-refractivity contribution in [3.05, 3.63) is 46.4 Å². The summed E-state index contributed by atoms with van der Waals surface area (Å²) in [7, 11) is -1.33. The Morgan fingerprint density at radius 2 is 1.97 bits per heavy atom. The quantitative estimate of drug-likeness (QED) is 0.404. The van der Waals surface area contributed by atoms with Crippen LogP contribution in [-0.4, -0.2) is 60.6 Å². The lowest BCUT2D eigenvalue weighted by Gasteiger charge is -2.20. The minimum absolute atomic E-state index is 0.0833. The van der Waals surface area contributed by atoms with E-state index in [1.165, 1.54) is 10.9 Å². The predicted octanol–water partition coefficient (Wildman–Crippen LogP) is 1.84. The van der Waals surface area contributed by atoms with Crippen molar-refractivity contribution in [2.45, 2.75) is 25.9 Å². The third-order valence-electron chi connectivity index (χ3n) is 4.28. The zero-order valence-corrected chi connectivity index (χ0v) is 18.5. The fourth-order valence-corrected chi connectivity index (χ4v) is 4.13. The Kier molecular flexibility index (Phi) is 8.20. The molecule has 0 unspecified atom stereocenters. The molecule has 2 aromatic rings. The van der Waals surface area contributed by atoms with Gasteiger partial charge in [0.15, 0.2) is 0 Å². The highest BCUT2D eigenvalue weighted by atomic mass is 31.2. The van der Waals surface area contributed by atoms with Gasteiger partial charge in [0.1, 0.15) is 18.2 Å². The van der Waals surface area contributed by atoms with Gasteiger partial charge in [0, 0.05) is 6.04 Å². The lowest BCUT2D eigenvalue weighted by Crippen LogP contribution is -2.39. The molecule has 1 aromatic carbocycles. The fourth-order valence-electron chi connectivity index (χ4n) is 2.85. The number of nitrogens with zero attached hydrogens (tertiary/aromatic N) is 2. The molecule has 1 heterocycles. The van der Waals surface area contributed by atoms with Crippen molar-refractivity contribution in [1.29, 1.82) is 0 Å². The van der Waals surface area contributed by atoms with E-state index in [1.807, 2.05) is 19.1 Å². The third kappa shape index (κ3) is 6.71. The van der Waals surface area contributed by atoms with Gasteiger partial charge in [-0.15, -0.1) is 0 Å². The SMILES string of the molecule is COc1ccc(Cn2ncc(N[C@@H](C)COCCC(=O)O)c(P(C)(C)=O)c2=O)cc1. The minimum Gasteiger partial charge on any atom is -0.497 e. The van der Waals surface area contributed by atoms with Crippen LogP contribution in [0.3, 0.4) is 0 Å². The first-order chi connectivity index (χ1) is 14.1. The van der Waals surface area contributed by atoms with Crippen molar-refractivity contribution >= 4 is 24.1 Å². The van der Waals surface area contributed by atoms with E-state index >= 15 is 0 Å². The molecule has 2 rings (SSSR count). The summed E-state index contributed by atoms with van der Waals surface area (Å²) < 4.78 is 24.6. The van der Waals surface area contributed by atoms with Crippen molar-refractivity contribution in [2.75, 3.05) is 39.0 Å². The number of ether oxygens (including phenoxy) is 2. The van der Waals surface area contributed by atoms with Crippen molar-refractivity contribution in [2.24, 2.45) is 0 Å². The number of hydrogen-bond acceptors (Lipinski definition) is 7. The van der Waals surface area contributed by atoms with E-state index < -0.39 is 18.7 Å². The number of hydrogen-bond donors (Lipinski definition) is 2. The summed E-state index contributed by atoms with van der Waals surface area (Å²) in [5.74, 6) is -0.217. The maximum Gasteiger partial charge on any atom is 0.305 e. The molecule has 0 amide bonds. The lowest BCUT2D eigenvalue weighted by molar-refractivity contribution is -0.138. The molecule has 0 aliphatic carbocycles. The maximum atomic E-state index is 13.0. The Morgan fingerprint density at radius 1 is 1.30 bits per heavy atom. The van der Waals surface area contributed by atoms with Crippen LogP contribution in [0.5, 0.6) is 5.75 Å². The first-order valence-electron chi connectivity index (χ1n) is 9.46. The molecule has 1 atom stereocenters. The van der Waals surface area contributed by atoms with Gasteiger partial charge in [0.05, 0.1) is 45.2 Å². The van der Waals surface area contributed by atoms with Gasteiger partial charge in [-0.3, -0.25) is 9.59 Å². The number of benzene rings is 1. The molecule has 0 aliphatic heterocycles. The number of carbonyl (C=O) groups is 1. The van der Waals surface area contributed by atoms with Crippen LogP contribution in [0.4, 0.5) is 5.69 Å². The Bertz CT molecular complexity index is 967. The van der Waals surface area contributed by atoms with E-state index in [2.05, 4.69) is 10.4 Å². The minimum atomic E-state index is -2.91. The van der Waals surface area contributed by atoms with E-state index in [-0.39, 0.29) is 37.5 Å². The first kappa shape index (κ1) is 23.6. The van der Waals surface area contributed by atoms with Crippen molar-refractivity contribution in [1.82, 2.24) is 9.78 Å². The van der Waals surface area contributed by atoms with Gasteiger partial charge in [-0.2, -0.15) is 5.10 Å². The zero-order valence-electron chi connectivity index (χ0n) is 17.6. The van der Waals surface area contributed by atoms with Gasteiger partial charge in [0.2, 0.25) is 0 Å². The normalized spacial score (nSPS) is 12.4. The highest BCUT2D eigenvalue weighted by molar-refractivity contribution is 7.70. The van der Waals surface area contributed by atoms with Crippen LogP contribution in [0.15, 0.2) is 35.3 Å². The Morgan fingerprint density at radius 3 is 2.53 bits per heavy atom. The van der Waals surface area contributed by atoms with Crippen LogP contribution in [0.2, 0.25) is 0 Å². The molecule has 164 valence electrons. The molecule has 0 fully saturated rings. The summed E-state index contributed by atoms with van der Waals surface area (Å²) in [6, 6.07) is 7.05. The summed E-state index contributed by atoms with van der Waals surface area (Å²) in [4.78, 5) is 23.6. The number of nitrogens with one attached hydrogen (secondary N) is 1. The molecule has 0 bridgehead atoms. The van der Waals surface area contributed by atoms with Crippen LogP contribution >= 0.6 is 7.14 Å². The van der Waals surface area contributed by atoms with Crippen molar-refractivity contribution < 1.29 is 23.9 Å². The summed E-state index contributed by atoms with van der Waals surface area (Å²) in [5.41, 5.74) is 0.844. The number of aromatic nitrogens is 2. The Balaban J connectivity index is 2.21. The third-order valence-corrected chi connectivity index (χ3v) is 5.79. The molecular formula is C20H28N3O6P. The van der Waals surface area contributed by atoms with Gasteiger partial charge in [-0.1, -0.05) is 12.1 Å². The standard InChI is InChI=1S/C20H28N3O6P/c1-14(13-29-10-9-18(24)25)22-17-11-21-23(20(26)19(17)30(3,4)27)12-15-5-7-16(28-2)8-6-15/h5-8,11,14,22H,9-10,12-13H2,1-4H3,(H,24,25)/t14-/m0/s1. The molecule has 0 radical (unpaired) electrons. The average Bonchev–Trinajstić information content (AvgIpc) is 2.67. The van der Waals surface area contributed by atoms with Crippen LogP contribution < -0.4 is 20.9 Å². The van der Waals surface area contributed by atoms with Crippen LogP contribution in [0, 0.1) is 0 Å². The topological polar surface area (TPSA) is 120 Å². The molecule has 2 N–H and O–H groups in total. The Labute approximate surface area is 175 Å². The number of carboxylic acid groups (broad SMARTS) is 1. The Hall–Kier alpha value is -2.64. The van der Waals surface area contributed by atoms with Gasteiger partial charge in [-0.05, 0) is 37.9 Å². The van der Waals surface area contributed by atoms with Crippen molar-refractivity contribution in [3.63, 3.8) is 0 Å². The summed E-state index contributed by atoms with van der Waals surface area (Å²) in [6.45, 7) is 5.48. The van der Waals surface area contributed by atoms with Crippen LogP contribution in [-0.2, 0) is 20.6 Å². The van der Waals surface area contributed by atoms with Crippen LogP contribution in [0.1, 0.15) is 18.9 Å².